The molecule has 3 aromatic rings. The molecule has 1 atom stereocenters. The summed E-state index contributed by atoms with van der Waals surface area (Å²) in [6.07, 6.45) is 8.10. The fourth-order valence-electron chi connectivity index (χ4n) is 4.17. The van der Waals surface area contributed by atoms with E-state index >= 15 is 0 Å². The van der Waals surface area contributed by atoms with Crippen molar-refractivity contribution in [3.05, 3.63) is 72.6 Å². The van der Waals surface area contributed by atoms with Gasteiger partial charge in [-0.15, -0.1) is 0 Å². The number of hydrogen-bond donors (Lipinski definition) is 2. The van der Waals surface area contributed by atoms with Gasteiger partial charge in [0.25, 0.3) is 0 Å². The molecule has 1 aromatic heterocycles. The van der Waals surface area contributed by atoms with Gasteiger partial charge in [0.1, 0.15) is 11.5 Å². The van der Waals surface area contributed by atoms with E-state index in [9.17, 15) is 4.79 Å². The molecule has 0 aliphatic heterocycles. The maximum absolute atomic E-state index is 13.2. The number of unbranched alkanes of at least 4 members (excludes halogenated alkanes) is 3. The van der Waals surface area contributed by atoms with Crippen LogP contribution in [0.1, 0.15) is 65.0 Å². The number of ether oxygens (including phenoxy) is 2. The number of anilines is 1. The number of nitrogens with zero attached hydrogens (tertiary/aromatic N) is 1. The highest BCUT2D eigenvalue weighted by Gasteiger charge is 2.28. The third-order valence-electron chi connectivity index (χ3n) is 6.06. The van der Waals surface area contributed by atoms with Crippen LogP contribution in [0.4, 0.5) is 10.5 Å². The topological polar surface area (TPSA) is 72.5 Å². The minimum absolute atomic E-state index is 0.207. The summed E-state index contributed by atoms with van der Waals surface area (Å²) in [7, 11) is 1.65. The van der Waals surface area contributed by atoms with E-state index in [2.05, 4.69) is 43.3 Å². The van der Waals surface area contributed by atoms with Crippen molar-refractivity contribution in [1.82, 2.24) is 10.3 Å². The Bertz CT molecular complexity index is 1110. The van der Waals surface area contributed by atoms with Crippen LogP contribution in [0.15, 0.2) is 67.0 Å². The van der Waals surface area contributed by atoms with Crippen LogP contribution >= 0.6 is 0 Å². The highest BCUT2D eigenvalue weighted by Crippen LogP contribution is 2.38. The van der Waals surface area contributed by atoms with Crippen molar-refractivity contribution in [2.45, 2.75) is 59.4 Å². The molecule has 0 bridgehead atoms. The maximum atomic E-state index is 13.2. The number of urea groups is 1. The van der Waals surface area contributed by atoms with Crippen LogP contribution in [0.25, 0.3) is 11.1 Å². The predicted molar refractivity (Wildman–Crippen MR) is 147 cm³/mol. The molecule has 0 aliphatic carbocycles. The first-order chi connectivity index (χ1) is 17.3. The van der Waals surface area contributed by atoms with Gasteiger partial charge in [0, 0.05) is 23.5 Å². The Morgan fingerprint density at radius 1 is 1.00 bits per heavy atom. The highest BCUT2D eigenvalue weighted by atomic mass is 16.5. The second kappa shape index (κ2) is 13.0. The first-order valence-electron chi connectivity index (χ1n) is 12.7. The van der Waals surface area contributed by atoms with Gasteiger partial charge in [-0.25, -0.2) is 4.79 Å². The Hall–Kier alpha value is -3.54. The van der Waals surface area contributed by atoms with Crippen LogP contribution in [0, 0.1) is 5.41 Å². The minimum atomic E-state index is -0.289. The van der Waals surface area contributed by atoms with E-state index in [1.54, 1.807) is 19.5 Å². The molecule has 2 amide bonds. The second-order valence-electron chi connectivity index (χ2n) is 10.0. The zero-order valence-corrected chi connectivity index (χ0v) is 22.1. The summed E-state index contributed by atoms with van der Waals surface area (Å²) < 4.78 is 11.7. The highest BCUT2D eigenvalue weighted by molar-refractivity contribution is 5.96. The molecule has 6 heteroatoms. The minimum Gasteiger partial charge on any atom is -0.496 e. The molecule has 0 aliphatic rings. The number of carbonyl (C=O) groups excluding carboxylic acids is 1. The Morgan fingerprint density at radius 3 is 2.50 bits per heavy atom. The lowest BCUT2D eigenvalue weighted by molar-refractivity contribution is 0.229. The molecule has 0 fully saturated rings. The fourth-order valence-corrected chi connectivity index (χ4v) is 4.17. The number of carbonyl (C=O) groups is 1. The van der Waals surface area contributed by atoms with E-state index in [0.717, 1.165) is 41.0 Å². The molecule has 3 rings (SSSR count). The molecule has 0 radical (unpaired) electrons. The van der Waals surface area contributed by atoms with E-state index in [4.69, 9.17) is 9.47 Å². The average Bonchev–Trinajstić information content (AvgIpc) is 2.87. The smallest absolute Gasteiger partial charge is 0.319 e. The Kier molecular flexibility index (Phi) is 9.74. The van der Waals surface area contributed by atoms with Gasteiger partial charge in [0.15, 0.2) is 0 Å². The molecular formula is C30H39N3O3. The third kappa shape index (κ3) is 7.48. The number of pyridine rings is 1. The zero-order chi connectivity index (χ0) is 26.0. The molecule has 192 valence electrons. The Labute approximate surface area is 215 Å². The van der Waals surface area contributed by atoms with E-state index in [0.29, 0.717) is 12.3 Å². The lowest BCUT2D eigenvalue weighted by Gasteiger charge is -2.31. The molecular weight excluding hydrogens is 450 g/mol. The number of methoxy groups -OCH3 is 1. The summed E-state index contributed by atoms with van der Waals surface area (Å²) >= 11 is 0. The molecule has 1 unspecified atom stereocenters. The summed E-state index contributed by atoms with van der Waals surface area (Å²) in [5, 5.41) is 6.21. The molecule has 0 saturated carbocycles. The largest absolute Gasteiger partial charge is 0.496 e. The number of nitrogens with one attached hydrogen (secondary N) is 2. The molecule has 1 heterocycles. The number of rotatable bonds is 11. The third-order valence-corrected chi connectivity index (χ3v) is 6.06. The van der Waals surface area contributed by atoms with Crippen molar-refractivity contribution in [2.75, 3.05) is 19.0 Å². The summed E-state index contributed by atoms with van der Waals surface area (Å²) in [5.41, 5.74) is 3.14. The number of benzene rings is 2. The van der Waals surface area contributed by atoms with Crippen LogP contribution in [0.5, 0.6) is 11.5 Å². The maximum Gasteiger partial charge on any atom is 0.319 e. The Morgan fingerprint density at radius 2 is 1.81 bits per heavy atom. The first-order valence-corrected chi connectivity index (χ1v) is 12.7. The SMILES string of the molecule is CCCCCCOc1ccc(NC(=O)NC(c2cccnc2)C(C)(C)C)c(-c2ccccc2OC)c1. The van der Waals surface area contributed by atoms with Gasteiger partial charge in [-0.05, 0) is 47.7 Å². The molecule has 2 aromatic carbocycles. The van der Waals surface area contributed by atoms with Gasteiger partial charge >= 0.3 is 6.03 Å². The van der Waals surface area contributed by atoms with Crippen molar-refractivity contribution < 1.29 is 14.3 Å². The summed E-state index contributed by atoms with van der Waals surface area (Å²) in [4.78, 5) is 17.5. The molecule has 0 saturated heterocycles. The molecule has 6 nitrogen and oxygen atoms in total. The summed E-state index contributed by atoms with van der Waals surface area (Å²) in [6, 6.07) is 16.9. The van der Waals surface area contributed by atoms with Crippen molar-refractivity contribution in [3.8, 4) is 22.6 Å². The Balaban J connectivity index is 1.86. The van der Waals surface area contributed by atoms with E-state index in [1.165, 1.54) is 12.8 Å². The van der Waals surface area contributed by atoms with Gasteiger partial charge in [-0.3, -0.25) is 4.98 Å². The summed E-state index contributed by atoms with van der Waals surface area (Å²) in [5.74, 6) is 1.49. The van der Waals surface area contributed by atoms with E-state index in [1.807, 2.05) is 54.6 Å². The van der Waals surface area contributed by atoms with Crippen LogP contribution in [0.2, 0.25) is 0 Å². The van der Waals surface area contributed by atoms with Gasteiger partial charge < -0.3 is 20.1 Å². The quantitative estimate of drug-likeness (QED) is 0.272. The van der Waals surface area contributed by atoms with Gasteiger partial charge in [0.2, 0.25) is 0 Å². The fraction of sp³-hybridized carbons (Fsp3) is 0.400. The van der Waals surface area contributed by atoms with E-state index < -0.39 is 0 Å². The van der Waals surface area contributed by atoms with Crippen LogP contribution in [0.3, 0.4) is 0 Å². The van der Waals surface area contributed by atoms with Crippen LogP contribution in [-0.2, 0) is 0 Å². The molecule has 0 spiro atoms. The summed E-state index contributed by atoms with van der Waals surface area (Å²) in [6.45, 7) is 9.15. The van der Waals surface area contributed by atoms with Crippen molar-refractivity contribution >= 4 is 11.7 Å². The number of amides is 2. The average molecular weight is 490 g/mol. The normalized spacial score (nSPS) is 12.0. The van der Waals surface area contributed by atoms with Gasteiger partial charge in [-0.1, -0.05) is 71.2 Å². The van der Waals surface area contributed by atoms with Crippen molar-refractivity contribution in [3.63, 3.8) is 0 Å². The van der Waals surface area contributed by atoms with Gasteiger partial charge in [0.05, 0.1) is 25.4 Å². The van der Waals surface area contributed by atoms with Crippen LogP contribution in [-0.4, -0.2) is 24.7 Å². The second-order valence-corrected chi connectivity index (χ2v) is 10.0. The number of hydrogen-bond acceptors (Lipinski definition) is 4. The van der Waals surface area contributed by atoms with Crippen LogP contribution < -0.4 is 20.1 Å². The van der Waals surface area contributed by atoms with Crippen molar-refractivity contribution in [1.29, 1.82) is 0 Å². The van der Waals surface area contributed by atoms with Gasteiger partial charge in [-0.2, -0.15) is 0 Å². The standard InChI is InChI=1S/C30H39N3O3/c1-6-7-8-11-19-36-23-16-17-26(25(20-23)24-14-9-10-15-27(24)35-5)32-29(34)33-28(30(2,3)4)22-13-12-18-31-21-22/h9-10,12-18,20-21,28H,6-8,11,19H2,1-5H3,(H2,32,33,34). The monoisotopic (exact) mass is 489 g/mol. The van der Waals surface area contributed by atoms with Crippen molar-refractivity contribution in [2.24, 2.45) is 5.41 Å². The number of aromatic nitrogens is 1. The lowest BCUT2D eigenvalue weighted by Crippen LogP contribution is -2.39. The number of para-hydroxylation sites is 1. The predicted octanol–water partition coefficient (Wildman–Crippen LogP) is 7.63. The molecule has 36 heavy (non-hydrogen) atoms. The zero-order valence-electron chi connectivity index (χ0n) is 22.1. The van der Waals surface area contributed by atoms with E-state index in [-0.39, 0.29) is 17.5 Å². The molecule has 2 N–H and O–H groups in total. The lowest BCUT2D eigenvalue weighted by atomic mass is 9.83. The first kappa shape index (κ1) is 27.1.